The zero-order valence-corrected chi connectivity index (χ0v) is 36.9. The molecule has 0 unspecified atom stereocenters. The van der Waals surface area contributed by atoms with Crippen LogP contribution in [0.15, 0.2) is 249 Å². The summed E-state index contributed by atoms with van der Waals surface area (Å²) in [4.78, 5) is 16.1. The van der Waals surface area contributed by atoms with Crippen LogP contribution in [0.25, 0.3) is 123 Å². The second kappa shape index (κ2) is 16.4. The summed E-state index contributed by atoms with van der Waals surface area (Å²) in [5.74, 6) is 1.79. The highest BCUT2D eigenvalue weighted by atomic mass is 15.1. The Balaban J connectivity index is 1.25. The average Bonchev–Trinajstić information content (AvgIpc) is 3.94. The van der Waals surface area contributed by atoms with E-state index >= 15 is 0 Å². The lowest BCUT2D eigenvalue weighted by Crippen LogP contribution is -2.08. The van der Waals surface area contributed by atoms with Crippen molar-refractivity contribution in [1.82, 2.24) is 24.1 Å². The van der Waals surface area contributed by atoms with Crippen LogP contribution in [0.2, 0.25) is 0 Å². The van der Waals surface area contributed by atoms with E-state index in [9.17, 15) is 0 Å². The number of hydrogen-bond donors (Lipinski definition) is 0. The topological polar surface area (TPSA) is 48.5 Å². The highest BCUT2D eigenvalue weighted by Gasteiger charge is 2.27. The predicted octanol–water partition coefficient (Wildman–Crippen LogP) is 16.1. The van der Waals surface area contributed by atoms with Gasteiger partial charge in [-0.2, -0.15) is 0 Å². The number of rotatable bonds is 8. The van der Waals surface area contributed by atoms with Crippen molar-refractivity contribution in [1.29, 1.82) is 0 Å². The molecule has 0 bridgehead atoms. The molecule has 0 aliphatic heterocycles. The maximum atomic E-state index is 5.45. The van der Waals surface area contributed by atoms with Gasteiger partial charge < -0.3 is 9.13 Å². The summed E-state index contributed by atoms with van der Waals surface area (Å²) in [5, 5.41) is 4.73. The first-order valence-electron chi connectivity index (χ1n) is 23.0. The molecule has 0 aliphatic carbocycles. The first-order chi connectivity index (χ1) is 33.7. The molecular weight excluding hydrogens is 827 g/mol. The molecule has 0 fully saturated rings. The number of para-hydroxylation sites is 4. The van der Waals surface area contributed by atoms with E-state index in [0.717, 1.165) is 83.5 Å². The second-order valence-electron chi connectivity index (χ2n) is 17.2. The Kier molecular flexibility index (Phi) is 9.43. The molecule has 3 aromatic heterocycles. The molecule has 318 valence electrons. The lowest BCUT2D eigenvalue weighted by molar-refractivity contribution is 1.06. The number of fused-ring (bicyclic) bond motifs is 6. The molecule has 68 heavy (non-hydrogen) atoms. The summed E-state index contributed by atoms with van der Waals surface area (Å²) >= 11 is 0. The van der Waals surface area contributed by atoms with Gasteiger partial charge in [0.15, 0.2) is 17.5 Å². The Morgan fingerprint density at radius 3 is 1.01 bits per heavy atom. The third-order valence-corrected chi connectivity index (χ3v) is 13.2. The summed E-state index contributed by atoms with van der Waals surface area (Å²) in [7, 11) is 0. The van der Waals surface area contributed by atoms with Gasteiger partial charge in [0.25, 0.3) is 0 Å². The monoisotopic (exact) mass is 867 g/mol. The van der Waals surface area contributed by atoms with Gasteiger partial charge in [-0.15, -0.1) is 0 Å². The summed E-state index contributed by atoms with van der Waals surface area (Å²) in [6.45, 7) is 0. The maximum absolute atomic E-state index is 5.45. The van der Waals surface area contributed by atoms with Crippen molar-refractivity contribution in [3.05, 3.63) is 249 Å². The molecule has 0 amide bonds. The Labute approximate surface area is 393 Å². The van der Waals surface area contributed by atoms with Crippen molar-refractivity contribution >= 4 is 43.6 Å². The van der Waals surface area contributed by atoms with Crippen molar-refractivity contribution in [2.45, 2.75) is 0 Å². The molecule has 0 aliphatic rings. The third-order valence-electron chi connectivity index (χ3n) is 13.2. The molecule has 13 aromatic rings. The smallest absolute Gasteiger partial charge is 0.164 e. The molecule has 13 rings (SSSR count). The van der Waals surface area contributed by atoms with Gasteiger partial charge in [-0.05, 0) is 82.4 Å². The normalized spacial score (nSPS) is 11.5. The van der Waals surface area contributed by atoms with Gasteiger partial charge >= 0.3 is 0 Å². The van der Waals surface area contributed by atoms with E-state index in [1.807, 2.05) is 36.4 Å². The summed E-state index contributed by atoms with van der Waals surface area (Å²) in [5.41, 5.74) is 15.7. The van der Waals surface area contributed by atoms with Gasteiger partial charge in [0.05, 0.1) is 33.4 Å². The molecule has 0 radical (unpaired) electrons. The highest BCUT2D eigenvalue weighted by molar-refractivity contribution is 6.13. The molecule has 10 aromatic carbocycles. The number of nitrogens with zero attached hydrogens (tertiary/aromatic N) is 5. The Bertz CT molecular complexity index is 3780. The van der Waals surface area contributed by atoms with Gasteiger partial charge in [0.1, 0.15) is 0 Å². The Morgan fingerprint density at radius 1 is 0.250 bits per heavy atom. The van der Waals surface area contributed by atoms with Gasteiger partial charge in [-0.1, -0.05) is 194 Å². The number of benzene rings is 10. The molecule has 0 spiro atoms. The molecule has 0 saturated carbocycles. The zero-order valence-electron chi connectivity index (χ0n) is 36.9. The van der Waals surface area contributed by atoms with Crippen LogP contribution < -0.4 is 0 Å². The van der Waals surface area contributed by atoms with Crippen molar-refractivity contribution in [3.63, 3.8) is 0 Å². The van der Waals surface area contributed by atoms with Crippen LogP contribution in [0.4, 0.5) is 0 Å². The van der Waals surface area contributed by atoms with E-state index in [1.165, 1.54) is 21.5 Å². The van der Waals surface area contributed by atoms with E-state index in [-0.39, 0.29) is 0 Å². The largest absolute Gasteiger partial charge is 0.307 e. The van der Waals surface area contributed by atoms with Crippen LogP contribution in [0.1, 0.15) is 0 Å². The van der Waals surface area contributed by atoms with Crippen molar-refractivity contribution in [3.8, 4) is 78.9 Å². The first-order valence-corrected chi connectivity index (χ1v) is 23.0. The minimum absolute atomic E-state index is 0.579. The first kappa shape index (κ1) is 39.2. The minimum atomic E-state index is 0.579. The molecule has 5 heteroatoms. The molecule has 0 atom stereocenters. The van der Waals surface area contributed by atoms with Gasteiger partial charge in [-0.3, -0.25) is 0 Å². The predicted molar refractivity (Wildman–Crippen MR) is 281 cm³/mol. The van der Waals surface area contributed by atoms with E-state index in [0.29, 0.717) is 17.5 Å². The lowest BCUT2D eigenvalue weighted by atomic mass is 9.89. The van der Waals surface area contributed by atoms with Crippen molar-refractivity contribution < 1.29 is 0 Å². The molecule has 5 nitrogen and oxygen atoms in total. The van der Waals surface area contributed by atoms with Crippen molar-refractivity contribution in [2.75, 3.05) is 0 Å². The van der Waals surface area contributed by atoms with Crippen molar-refractivity contribution in [2.24, 2.45) is 0 Å². The Hall–Kier alpha value is -9.19. The number of hydrogen-bond acceptors (Lipinski definition) is 3. The second-order valence-corrected chi connectivity index (χ2v) is 17.2. The van der Waals surface area contributed by atoms with E-state index in [4.69, 9.17) is 15.0 Å². The number of aromatic nitrogens is 5. The average molecular weight is 868 g/mol. The molecular formula is C63H41N5. The fraction of sp³-hybridized carbons (Fsp3) is 0. The van der Waals surface area contributed by atoms with Gasteiger partial charge in [0.2, 0.25) is 0 Å². The summed E-state index contributed by atoms with van der Waals surface area (Å²) in [6.07, 6.45) is 0. The molecule has 0 saturated heterocycles. The van der Waals surface area contributed by atoms with Crippen LogP contribution in [0, 0.1) is 0 Å². The lowest BCUT2D eigenvalue weighted by Gasteiger charge is -2.24. The highest BCUT2D eigenvalue weighted by Crippen LogP contribution is 2.47. The molecule has 0 N–H and O–H groups in total. The zero-order chi connectivity index (χ0) is 45.0. The maximum Gasteiger partial charge on any atom is 0.164 e. The quantitative estimate of drug-likeness (QED) is 0.153. The van der Waals surface area contributed by atoms with Crippen LogP contribution in [-0.4, -0.2) is 24.1 Å². The van der Waals surface area contributed by atoms with Crippen LogP contribution in [0.3, 0.4) is 0 Å². The minimum Gasteiger partial charge on any atom is -0.307 e. The molecule has 3 heterocycles. The van der Waals surface area contributed by atoms with Crippen LogP contribution in [-0.2, 0) is 0 Å². The van der Waals surface area contributed by atoms with Crippen LogP contribution in [0.5, 0.6) is 0 Å². The van der Waals surface area contributed by atoms with E-state index < -0.39 is 0 Å². The summed E-state index contributed by atoms with van der Waals surface area (Å²) in [6, 6.07) is 88.5. The third kappa shape index (κ3) is 6.59. The van der Waals surface area contributed by atoms with E-state index in [2.05, 4.69) is 221 Å². The fourth-order valence-electron chi connectivity index (χ4n) is 10.1. The van der Waals surface area contributed by atoms with Gasteiger partial charge in [-0.25, -0.2) is 15.0 Å². The standard InChI is InChI=1S/C63H41N5/c1-5-21-42(22-6-1)46-39-47(43-23-7-2-8-24-43)41-48(40-46)59-53(63-65-61(44-25-9-3-10-26-44)64-62(66-63)45-27-11-4-12-28-45)37-38-58(67-54-33-17-13-29-49(54)50-30-14-18-34-55(50)67)60(59)68-56-35-19-15-31-51(56)52-32-16-20-36-57(52)68/h1-41H. The van der Waals surface area contributed by atoms with E-state index in [1.54, 1.807) is 0 Å². The fourth-order valence-corrected chi connectivity index (χ4v) is 10.1. The van der Waals surface area contributed by atoms with Gasteiger partial charge in [0, 0.05) is 43.8 Å². The SMILES string of the molecule is c1ccc(-c2cc(-c3ccccc3)cc(-c3c(-c4nc(-c5ccccc5)nc(-c5ccccc5)n4)ccc(-n4c5ccccc5c5ccccc54)c3-n3c4ccccc4c4ccccc43)c2)cc1. The summed E-state index contributed by atoms with van der Waals surface area (Å²) < 4.78 is 4.94. The van der Waals surface area contributed by atoms with Crippen LogP contribution >= 0.6 is 0 Å². The Morgan fingerprint density at radius 2 is 0.588 bits per heavy atom.